The van der Waals surface area contributed by atoms with Crippen LogP contribution in [0, 0.1) is 0 Å². The van der Waals surface area contributed by atoms with Gasteiger partial charge in [0.1, 0.15) is 5.82 Å². The molecule has 0 radical (unpaired) electrons. The quantitative estimate of drug-likeness (QED) is 0.750. The highest BCUT2D eigenvalue weighted by molar-refractivity contribution is 5.85. The lowest BCUT2D eigenvalue weighted by Gasteiger charge is -1.97. The lowest BCUT2D eigenvalue weighted by Crippen LogP contribution is -2.17. The van der Waals surface area contributed by atoms with Gasteiger partial charge in [0.15, 0.2) is 5.82 Å². The van der Waals surface area contributed by atoms with E-state index in [9.17, 15) is 0 Å². The predicted molar refractivity (Wildman–Crippen MR) is 55.8 cm³/mol. The first kappa shape index (κ1) is 9.93. The summed E-state index contributed by atoms with van der Waals surface area (Å²) in [6.07, 6.45) is 3.61. The Hall–Kier alpha value is -0.610. The fraction of sp³-hybridized carbons (Fsp3) is 0.778. The summed E-state index contributed by atoms with van der Waals surface area (Å²) in [5.41, 5.74) is 0. The number of fused-ring (bicyclic) bond motifs is 1. The Labute approximate surface area is 89.5 Å². The van der Waals surface area contributed by atoms with Crippen molar-refractivity contribution in [3.63, 3.8) is 0 Å². The summed E-state index contributed by atoms with van der Waals surface area (Å²) < 4.78 is 2.08. The second-order valence-electron chi connectivity index (χ2n) is 3.88. The first-order valence-corrected chi connectivity index (χ1v) is 5.08. The molecule has 78 valence electrons. The van der Waals surface area contributed by atoms with Crippen LogP contribution in [0.1, 0.15) is 30.4 Å². The Bertz CT molecular complexity index is 295. The van der Waals surface area contributed by atoms with Gasteiger partial charge < -0.3 is 5.32 Å². The van der Waals surface area contributed by atoms with Crippen molar-refractivity contribution in [2.75, 3.05) is 13.1 Å². The SMILES string of the molecule is C1Cc2nc(C3CC3)nn2CCN1.Cl. The third-order valence-corrected chi connectivity index (χ3v) is 2.73. The van der Waals surface area contributed by atoms with Crippen molar-refractivity contribution in [2.24, 2.45) is 0 Å². The highest BCUT2D eigenvalue weighted by Gasteiger charge is 2.28. The first-order valence-electron chi connectivity index (χ1n) is 5.08. The summed E-state index contributed by atoms with van der Waals surface area (Å²) in [6, 6.07) is 0. The molecular formula is C9H15ClN4. The second kappa shape index (κ2) is 3.87. The van der Waals surface area contributed by atoms with Crippen LogP contribution in [-0.2, 0) is 13.0 Å². The maximum absolute atomic E-state index is 4.58. The minimum Gasteiger partial charge on any atom is -0.314 e. The standard InChI is InChI=1S/C9H14N4.ClH/c1-2-7(1)9-11-8-3-4-10-5-6-13(8)12-9;/h7,10H,1-6H2;1H. The van der Waals surface area contributed by atoms with E-state index in [0.717, 1.165) is 31.9 Å². The lowest BCUT2D eigenvalue weighted by molar-refractivity contribution is 0.582. The van der Waals surface area contributed by atoms with E-state index in [1.165, 1.54) is 18.7 Å². The number of halogens is 1. The monoisotopic (exact) mass is 214 g/mol. The molecule has 3 rings (SSSR count). The van der Waals surface area contributed by atoms with Gasteiger partial charge in [0.05, 0.1) is 6.54 Å². The van der Waals surface area contributed by atoms with Gasteiger partial charge in [-0.2, -0.15) is 5.10 Å². The van der Waals surface area contributed by atoms with Gasteiger partial charge >= 0.3 is 0 Å². The Kier molecular flexibility index (Phi) is 2.74. The largest absolute Gasteiger partial charge is 0.314 e. The molecule has 0 saturated heterocycles. The Morgan fingerprint density at radius 3 is 2.93 bits per heavy atom. The molecule has 0 amide bonds. The van der Waals surface area contributed by atoms with E-state index in [2.05, 4.69) is 20.1 Å². The fourth-order valence-corrected chi connectivity index (χ4v) is 1.78. The molecular weight excluding hydrogens is 200 g/mol. The molecule has 1 N–H and O–H groups in total. The van der Waals surface area contributed by atoms with Crippen LogP contribution in [0.3, 0.4) is 0 Å². The summed E-state index contributed by atoms with van der Waals surface area (Å²) in [4.78, 5) is 4.58. The number of aromatic nitrogens is 3. The van der Waals surface area contributed by atoms with Gasteiger partial charge in [0.25, 0.3) is 0 Å². The van der Waals surface area contributed by atoms with Crippen LogP contribution < -0.4 is 5.32 Å². The van der Waals surface area contributed by atoms with Crippen LogP contribution in [0.5, 0.6) is 0 Å². The van der Waals surface area contributed by atoms with Crippen LogP contribution in [0.2, 0.25) is 0 Å². The molecule has 2 heterocycles. The van der Waals surface area contributed by atoms with Gasteiger partial charge in [-0.15, -0.1) is 12.4 Å². The zero-order valence-corrected chi connectivity index (χ0v) is 8.89. The van der Waals surface area contributed by atoms with Gasteiger partial charge in [-0.05, 0) is 12.8 Å². The van der Waals surface area contributed by atoms with E-state index < -0.39 is 0 Å². The molecule has 1 aromatic rings. The minimum atomic E-state index is 0. The topological polar surface area (TPSA) is 42.7 Å². The van der Waals surface area contributed by atoms with E-state index in [4.69, 9.17) is 0 Å². The average Bonchev–Trinajstić information content (AvgIpc) is 2.93. The molecule has 0 aromatic carbocycles. The summed E-state index contributed by atoms with van der Waals surface area (Å²) in [5.74, 6) is 2.95. The summed E-state index contributed by atoms with van der Waals surface area (Å²) in [7, 11) is 0. The van der Waals surface area contributed by atoms with Crippen molar-refractivity contribution in [2.45, 2.75) is 31.7 Å². The van der Waals surface area contributed by atoms with Crippen LogP contribution in [0.25, 0.3) is 0 Å². The lowest BCUT2D eigenvalue weighted by atomic mass is 10.4. The van der Waals surface area contributed by atoms with Gasteiger partial charge in [0.2, 0.25) is 0 Å². The van der Waals surface area contributed by atoms with Crippen LogP contribution >= 0.6 is 12.4 Å². The van der Waals surface area contributed by atoms with E-state index in [1.54, 1.807) is 0 Å². The van der Waals surface area contributed by atoms with E-state index in [1.807, 2.05) is 0 Å². The highest BCUT2D eigenvalue weighted by Crippen LogP contribution is 2.38. The van der Waals surface area contributed by atoms with E-state index in [0.29, 0.717) is 5.92 Å². The number of hydrogen-bond donors (Lipinski definition) is 1. The van der Waals surface area contributed by atoms with Gasteiger partial charge in [-0.25, -0.2) is 9.67 Å². The van der Waals surface area contributed by atoms with Crippen molar-refractivity contribution in [1.29, 1.82) is 0 Å². The molecule has 0 spiro atoms. The Morgan fingerprint density at radius 2 is 2.14 bits per heavy atom. The van der Waals surface area contributed by atoms with Crippen LogP contribution in [-0.4, -0.2) is 27.9 Å². The van der Waals surface area contributed by atoms with E-state index >= 15 is 0 Å². The molecule has 1 fully saturated rings. The zero-order valence-electron chi connectivity index (χ0n) is 8.07. The molecule has 0 unspecified atom stereocenters. The van der Waals surface area contributed by atoms with E-state index in [-0.39, 0.29) is 12.4 Å². The van der Waals surface area contributed by atoms with Gasteiger partial charge in [-0.3, -0.25) is 0 Å². The van der Waals surface area contributed by atoms with Crippen molar-refractivity contribution in [3.8, 4) is 0 Å². The Morgan fingerprint density at radius 1 is 1.29 bits per heavy atom. The molecule has 1 aliphatic carbocycles. The number of nitrogens with one attached hydrogen (secondary N) is 1. The van der Waals surface area contributed by atoms with Crippen molar-refractivity contribution in [1.82, 2.24) is 20.1 Å². The maximum atomic E-state index is 4.58. The number of rotatable bonds is 1. The van der Waals surface area contributed by atoms with Crippen molar-refractivity contribution < 1.29 is 0 Å². The third kappa shape index (κ3) is 1.77. The molecule has 0 bridgehead atoms. The predicted octanol–water partition coefficient (Wildman–Crippen LogP) is 0.723. The van der Waals surface area contributed by atoms with Gasteiger partial charge in [-0.1, -0.05) is 0 Å². The number of nitrogens with zero attached hydrogens (tertiary/aromatic N) is 3. The molecule has 4 nitrogen and oxygen atoms in total. The number of hydrogen-bond acceptors (Lipinski definition) is 3. The molecule has 1 aliphatic heterocycles. The normalized spacial score (nSPS) is 20.9. The van der Waals surface area contributed by atoms with Crippen LogP contribution in [0.4, 0.5) is 0 Å². The molecule has 0 atom stereocenters. The highest BCUT2D eigenvalue weighted by atomic mass is 35.5. The van der Waals surface area contributed by atoms with Crippen molar-refractivity contribution >= 4 is 12.4 Å². The molecule has 1 saturated carbocycles. The van der Waals surface area contributed by atoms with Gasteiger partial charge in [0, 0.05) is 25.4 Å². The smallest absolute Gasteiger partial charge is 0.154 e. The maximum Gasteiger partial charge on any atom is 0.154 e. The molecule has 5 heteroatoms. The molecule has 14 heavy (non-hydrogen) atoms. The second-order valence-corrected chi connectivity index (χ2v) is 3.88. The van der Waals surface area contributed by atoms with Crippen LogP contribution in [0.15, 0.2) is 0 Å². The minimum absolute atomic E-state index is 0. The molecule has 2 aliphatic rings. The average molecular weight is 215 g/mol. The summed E-state index contributed by atoms with van der Waals surface area (Å²) in [5, 5.41) is 7.88. The summed E-state index contributed by atoms with van der Waals surface area (Å²) in [6.45, 7) is 3.05. The first-order chi connectivity index (χ1) is 6.43. The third-order valence-electron chi connectivity index (χ3n) is 2.73. The summed E-state index contributed by atoms with van der Waals surface area (Å²) >= 11 is 0. The van der Waals surface area contributed by atoms with Crippen molar-refractivity contribution in [3.05, 3.63) is 11.6 Å². The Balaban J connectivity index is 0.000000750. The molecule has 1 aromatic heterocycles. The zero-order chi connectivity index (χ0) is 8.67. The fourth-order valence-electron chi connectivity index (χ4n) is 1.78.